The topological polar surface area (TPSA) is 72.9 Å². The number of aryl methyl sites for hydroxylation is 1. The Morgan fingerprint density at radius 1 is 1.27 bits per heavy atom. The van der Waals surface area contributed by atoms with Crippen molar-refractivity contribution < 1.29 is 22.7 Å². The standard InChI is InChI=1S/C15H21NO5S/c1-20-13-10-14(15(17)21-2)16(11-13)22(18,19)9-8-12-6-4-3-5-7-12/h3-7,13-14H,8-11H2,1-2H3. The molecule has 2 atom stereocenters. The van der Waals surface area contributed by atoms with Crippen molar-refractivity contribution in [1.29, 1.82) is 0 Å². The molecule has 2 unspecified atom stereocenters. The summed E-state index contributed by atoms with van der Waals surface area (Å²) in [5.41, 5.74) is 0.947. The second-order valence-electron chi connectivity index (χ2n) is 5.25. The summed E-state index contributed by atoms with van der Waals surface area (Å²) < 4.78 is 36.3. The summed E-state index contributed by atoms with van der Waals surface area (Å²) in [6.07, 6.45) is 0.453. The van der Waals surface area contributed by atoms with E-state index >= 15 is 0 Å². The Labute approximate surface area is 131 Å². The fourth-order valence-electron chi connectivity index (χ4n) is 2.61. The Kier molecular flexibility index (Phi) is 5.55. The first-order valence-electron chi connectivity index (χ1n) is 7.12. The smallest absolute Gasteiger partial charge is 0.324 e. The van der Waals surface area contributed by atoms with Crippen molar-refractivity contribution >= 4 is 16.0 Å². The highest BCUT2D eigenvalue weighted by Crippen LogP contribution is 2.25. The molecule has 0 radical (unpaired) electrons. The van der Waals surface area contributed by atoms with Gasteiger partial charge in [-0.15, -0.1) is 0 Å². The van der Waals surface area contributed by atoms with Gasteiger partial charge < -0.3 is 9.47 Å². The van der Waals surface area contributed by atoms with Crippen LogP contribution in [0.25, 0.3) is 0 Å². The largest absolute Gasteiger partial charge is 0.468 e. The molecule has 1 aliphatic rings. The molecule has 0 saturated carbocycles. The molecule has 22 heavy (non-hydrogen) atoms. The van der Waals surface area contributed by atoms with Crippen LogP contribution in [0.15, 0.2) is 30.3 Å². The van der Waals surface area contributed by atoms with Crippen molar-refractivity contribution in [3.63, 3.8) is 0 Å². The van der Waals surface area contributed by atoms with Crippen LogP contribution in [0.1, 0.15) is 12.0 Å². The normalized spacial score (nSPS) is 22.6. The molecule has 1 fully saturated rings. The maximum Gasteiger partial charge on any atom is 0.324 e. The molecule has 0 amide bonds. The molecular weight excluding hydrogens is 306 g/mol. The first-order chi connectivity index (χ1) is 10.5. The third-order valence-corrected chi connectivity index (χ3v) is 5.71. The minimum Gasteiger partial charge on any atom is -0.468 e. The fraction of sp³-hybridized carbons (Fsp3) is 0.533. The van der Waals surface area contributed by atoms with Crippen molar-refractivity contribution in [3.8, 4) is 0 Å². The third kappa shape index (κ3) is 3.85. The summed E-state index contributed by atoms with van der Waals surface area (Å²) in [4.78, 5) is 11.8. The van der Waals surface area contributed by atoms with Crippen LogP contribution in [-0.4, -0.2) is 57.4 Å². The van der Waals surface area contributed by atoms with E-state index in [0.717, 1.165) is 5.56 Å². The fourth-order valence-corrected chi connectivity index (χ4v) is 4.29. The Morgan fingerprint density at radius 2 is 1.95 bits per heavy atom. The summed E-state index contributed by atoms with van der Waals surface area (Å²) in [6, 6.07) is 8.60. The predicted octanol–water partition coefficient (Wildman–Crippen LogP) is 0.821. The minimum absolute atomic E-state index is 0.0407. The van der Waals surface area contributed by atoms with E-state index in [1.807, 2.05) is 30.3 Å². The molecule has 6 nitrogen and oxygen atoms in total. The third-order valence-electron chi connectivity index (χ3n) is 3.87. The van der Waals surface area contributed by atoms with Crippen LogP contribution in [-0.2, 0) is 30.7 Å². The van der Waals surface area contributed by atoms with Gasteiger partial charge in [0, 0.05) is 20.1 Å². The summed E-state index contributed by atoms with van der Waals surface area (Å²) in [5.74, 6) is -0.580. The van der Waals surface area contributed by atoms with Crippen molar-refractivity contribution in [2.45, 2.75) is 25.0 Å². The number of ether oxygens (including phenoxy) is 2. The monoisotopic (exact) mass is 327 g/mol. The lowest BCUT2D eigenvalue weighted by atomic mass is 10.2. The highest BCUT2D eigenvalue weighted by Gasteiger charge is 2.43. The molecule has 7 heteroatoms. The molecule has 2 rings (SSSR count). The number of benzene rings is 1. The van der Waals surface area contributed by atoms with E-state index in [1.165, 1.54) is 18.5 Å². The molecule has 1 saturated heterocycles. The molecular formula is C15H21NO5S. The summed E-state index contributed by atoms with van der Waals surface area (Å²) >= 11 is 0. The number of hydrogen-bond acceptors (Lipinski definition) is 5. The summed E-state index contributed by atoms with van der Waals surface area (Å²) in [7, 11) is -0.779. The van der Waals surface area contributed by atoms with E-state index in [0.29, 0.717) is 12.8 Å². The Hall–Kier alpha value is -1.44. The van der Waals surface area contributed by atoms with Gasteiger partial charge in [0.2, 0.25) is 10.0 Å². The molecule has 0 spiro atoms. The van der Waals surface area contributed by atoms with Crippen molar-refractivity contribution in [3.05, 3.63) is 35.9 Å². The molecule has 1 aromatic rings. The van der Waals surface area contributed by atoms with Crippen LogP contribution >= 0.6 is 0 Å². The van der Waals surface area contributed by atoms with Crippen LogP contribution in [0.3, 0.4) is 0 Å². The second-order valence-corrected chi connectivity index (χ2v) is 7.29. The first-order valence-corrected chi connectivity index (χ1v) is 8.73. The lowest BCUT2D eigenvalue weighted by molar-refractivity contribution is -0.144. The molecule has 0 aromatic heterocycles. The van der Waals surface area contributed by atoms with Crippen molar-refractivity contribution in [1.82, 2.24) is 4.31 Å². The molecule has 122 valence electrons. The zero-order valence-corrected chi connectivity index (χ0v) is 13.6. The van der Waals surface area contributed by atoms with E-state index in [4.69, 9.17) is 9.47 Å². The summed E-state index contributed by atoms with van der Waals surface area (Å²) in [5, 5.41) is 0. The number of sulfonamides is 1. The van der Waals surface area contributed by atoms with E-state index in [1.54, 1.807) is 0 Å². The maximum absolute atomic E-state index is 12.6. The molecule has 0 aliphatic carbocycles. The number of carbonyl (C=O) groups excluding carboxylic acids is 1. The Balaban J connectivity index is 2.10. The van der Waals surface area contributed by atoms with Gasteiger partial charge in [0.1, 0.15) is 6.04 Å². The number of methoxy groups -OCH3 is 2. The number of nitrogens with zero attached hydrogens (tertiary/aromatic N) is 1. The number of hydrogen-bond donors (Lipinski definition) is 0. The first kappa shape index (κ1) is 16.9. The quantitative estimate of drug-likeness (QED) is 0.723. The van der Waals surface area contributed by atoms with Crippen LogP contribution in [0.4, 0.5) is 0 Å². The van der Waals surface area contributed by atoms with Gasteiger partial charge >= 0.3 is 5.97 Å². The second kappa shape index (κ2) is 7.21. The van der Waals surface area contributed by atoms with E-state index < -0.39 is 22.0 Å². The van der Waals surface area contributed by atoms with Crippen LogP contribution in [0.5, 0.6) is 0 Å². The number of esters is 1. The number of carbonyl (C=O) groups is 1. The summed E-state index contributed by atoms with van der Waals surface area (Å²) in [6.45, 7) is 0.188. The minimum atomic E-state index is -3.55. The average Bonchev–Trinajstić information content (AvgIpc) is 2.98. The molecule has 1 aromatic carbocycles. The van der Waals surface area contributed by atoms with Gasteiger partial charge in [-0.2, -0.15) is 4.31 Å². The van der Waals surface area contributed by atoms with E-state index in [9.17, 15) is 13.2 Å². The van der Waals surface area contributed by atoms with Gasteiger partial charge in [-0.05, 0) is 12.0 Å². The van der Waals surface area contributed by atoms with Gasteiger partial charge in [-0.3, -0.25) is 4.79 Å². The molecule has 1 aliphatic heterocycles. The van der Waals surface area contributed by atoms with Crippen LogP contribution < -0.4 is 0 Å². The lowest BCUT2D eigenvalue weighted by Gasteiger charge is -2.21. The zero-order valence-electron chi connectivity index (χ0n) is 12.8. The zero-order chi connectivity index (χ0) is 16.2. The van der Waals surface area contributed by atoms with Crippen molar-refractivity contribution in [2.75, 3.05) is 26.5 Å². The molecule has 1 heterocycles. The van der Waals surface area contributed by atoms with Crippen LogP contribution in [0.2, 0.25) is 0 Å². The predicted molar refractivity (Wildman–Crippen MR) is 81.9 cm³/mol. The van der Waals surface area contributed by atoms with Crippen LogP contribution in [0, 0.1) is 0 Å². The van der Waals surface area contributed by atoms with Gasteiger partial charge in [-0.1, -0.05) is 30.3 Å². The number of rotatable bonds is 6. The van der Waals surface area contributed by atoms with Gasteiger partial charge in [0.15, 0.2) is 0 Å². The lowest BCUT2D eigenvalue weighted by Crippen LogP contribution is -2.42. The SMILES string of the molecule is COC(=O)C1CC(OC)CN1S(=O)(=O)CCc1ccccc1. The van der Waals surface area contributed by atoms with Gasteiger partial charge in [0.25, 0.3) is 0 Å². The average molecular weight is 327 g/mol. The van der Waals surface area contributed by atoms with E-state index in [2.05, 4.69) is 0 Å². The highest BCUT2D eigenvalue weighted by atomic mass is 32.2. The Bertz CT molecular complexity index is 602. The Morgan fingerprint density at radius 3 is 2.55 bits per heavy atom. The van der Waals surface area contributed by atoms with Gasteiger partial charge in [0.05, 0.1) is 19.0 Å². The molecule has 0 N–H and O–H groups in total. The highest BCUT2D eigenvalue weighted by molar-refractivity contribution is 7.89. The maximum atomic E-state index is 12.6. The van der Waals surface area contributed by atoms with Crippen molar-refractivity contribution in [2.24, 2.45) is 0 Å². The van der Waals surface area contributed by atoms with Gasteiger partial charge in [-0.25, -0.2) is 8.42 Å². The molecule has 0 bridgehead atoms. The van der Waals surface area contributed by atoms with E-state index in [-0.39, 0.29) is 18.4 Å².